The molecule has 0 amide bonds. The average molecular weight is 385 g/mol. The lowest BCUT2D eigenvalue weighted by atomic mass is 9.71. The van der Waals surface area contributed by atoms with E-state index in [0.717, 1.165) is 29.8 Å². The minimum absolute atomic E-state index is 0.0531. The van der Waals surface area contributed by atoms with Gasteiger partial charge in [-0.3, -0.25) is 14.6 Å². The van der Waals surface area contributed by atoms with Crippen molar-refractivity contribution in [1.82, 2.24) is 0 Å². The van der Waals surface area contributed by atoms with Gasteiger partial charge in [0.05, 0.1) is 20.8 Å². The van der Waals surface area contributed by atoms with Crippen molar-refractivity contribution in [2.24, 2.45) is 10.9 Å². The first kappa shape index (κ1) is 20.1. The summed E-state index contributed by atoms with van der Waals surface area (Å²) in [6, 6.07) is 5.48. The molecule has 6 heteroatoms. The number of rotatable bonds is 6. The summed E-state index contributed by atoms with van der Waals surface area (Å²) >= 11 is 0. The van der Waals surface area contributed by atoms with Crippen LogP contribution >= 0.6 is 0 Å². The fourth-order valence-corrected chi connectivity index (χ4v) is 4.13. The second kappa shape index (κ2) is 8.59. The molecule has 28 heavy (non-hydrogen) atoms. The normalized spacial score (nSPS) is 21.7. The lowest BCUT2D eigenvalue weighted by Crippen LogP contribution is -2.38. The lowest BCUT2D eigenvalue weighted by molar-refractivity contribution is -0.146. The van der Waals surface area contributed by atoms with Crippen molar-refractivity contribution in [2.45, 2.75) is 45.4 Å². The summed E-state index contributed by atoms with van der Waals surface area (Å²) in [7, 11) is 3.16. The summed E-state index contributed by atoms with van der Waals surface area (Å²) in [5, 5.41) is 0. The van der Waals surface area contributed by atoms with Gasteiger partial charge >= 0.3 is 5.97 Å². The third-order valence-electron chi connectivity index (χ3n) is 5.39. The predicted octanol–water partition coefficient (Wildman–Crippen LogP) is 3.84. The number of methoxy groups -OCH3 is 2. The highest BCUT2D eigenvalue weighted by Crippen LogP contribution is 2.47. The number of esters is 1. The molecule has 1 unspecified atom stereocenters. The van der Waals surface area contributed by atoms with Gasteiger partial charge in [-0.15, -0.1) is 0 Å². The zero-order valence-corrected chi connectivity index (χ0v) is 16.9. The number of allylic oxidation sites excluding steroid dienone is 2. The third-order valence-corrected chi connectivity index (χ3v) is 5.39. The molecule has 0 spiro atoms. The maximum Gasteiger partial charge on any atom is 0.315 e. The van der Waals surface area contributed by atoms with E-state index in [4.69, 9.17) is 19.2 Å². The SMILES string of the molecule is CCOC(=O)C1C(CC)=NC2=C(C(=O)CCC2)[C@@H]1c1ccc(OC)cc1OC. The van der Waals surface area contributed by atoms with Gasteiger partial charge in [0, 0.05) is 41.0 Å². The number of nitrogens with zero attached hydrogens (tertiary/aromatic N) is 1. The van der Waals surface area contributed by atoms with Gasteiger partial charge in [-0.1, -0.05) is 13.0 Å². The second-order valence-electron chi connectivity index (χ2n) is 6.91. The highest BCUT2D eigenvalue weighted by molar-refractivity contribution is 6.09. The predicted molar refractivity (Wildman–Crippen MR) is 106 cm³/mol. The first-order valence-electron chi connectivity index (χ1n) is 9.77. The van der Waals surface area contributed by atoms with Crippen molar-refractivity contribution in [3.8, 4) is 11.5 Å². The van der Waals surface area contributed by atoms with E-state index < -0.39 is 11.8 Å². The molecule has 1 aromatic carbocycles. The van der Waals surface area contributed by atoms with Gasteiger partial charge in [-0.05, 0) is 32.3 Å². The van der Waals surface area contributed by atoms with E-state index in [1.165, 1.54) is 0 Å². The Labute approximate surface area is 165 Å². The van der Waals surface area contributed by atoms with Crippen LogP contribution in [-0.4, -0.2) is 38.3 Å². The summed E-state index contributed by atoms with van der Waals surface area (Å²) in [4.78, 5) is 30.6. The Kier molecular flexibility index (Phi) is 6.17. The van der Waals surface area contributed by atoms with Gasteiger partial charge in [0.15, 0.2) is 5.78 Å². The van der Waals surface area contributed by atoms with Crippen LogP contribution in [0, 0.1) is 5.92 Å². The first-order valence-corrected chi connectivity index (χ1v) is 9.77. The molecule has 0 saturated heterocycles. The minimum Gasteiger partial charge on any atom is -0.497 e. The van der Waals surface area contributed by atoms with Crippen LogP contribution < -0.4 is 9.47 Å². The number of ether oxygens (including phenoxy) is 3. The Morgan fingerprint density at radius 3 is 2.61 bits per heavy atom. The smallest absolute Gasteiger partial charge is 0.315 e. The number of ketones is 1. The molecule has 2 aliphatic rings. The van der Waals surface area contributed by atoms with Crippen LogP contribution in [0.4, 0.5) is 0 Å². The molecule has 1 heterocycles. The standard InChI is InChI=1S/C22H27NO5/c1-5-15-21(22(25)28-6-2)19(20-16(23-15)8-7-9-17(20)24)14-11-10-13(26-3)12-18(14)27-4/h10-12,19,21H,5-9H2,1-4H3/t19-,21?/m0/s1. The number of benzene rings is 1. The van der Waals surface area contributed by atoms with Crippen LogP contribution in [-0.2, 0) is 14.3 Å². The Morgan fingerprint density at radius 2 is 1.96 bits per heavy atom. The van der Waals surface area contributed by atoms with Crippen LogP contribution in [0.5, 0.6) is 11.5 Å². The van der Waals surface area contributed by atoms with Gasteiger partial charge in [-0.25, -0.2) is 0 Å². The zero-order valence-electron chi connectivity index (χ0n) is 16.9. The Hall–Kier alpha value is -2.63. The molecule has 150 valence electrons. The summed E-state index contributed by atoms with van der Waals surface area (Å²) in [6.07, 6.45) is 2.62. The molecule has 0 bridgehead atoms. The maximum absolute atomic E-state index is 13.0. The van der Waals surface area contributed by atoms with Gasteiger partial charge in [0.25, 0.3) is 0 Å². The van der Waals surface area contributed by atoms with Crippen LogP contribution in [0.15, 0.2) is 34.5 Å². The minimum atomic E-state index is -0.631. The quantitative estimate of drug-likeness (QED) is 0.696. The number of hydrogen-bond acceptors (Lipinski definition) is 6. The molecular weight excluding hydrogens is 358 g/mol. The van der Waals surface area contributed by atoms with Crippen molar-refractivity contribution >= 4 is 17.5 Å². The number of carbonyl (C=O) groups is 2. The second-order valence-corrected chi connectivity index (χ2v) is 6.91. The summed E-state index contributed by atoms with van der Waals surface area (Å²) in [6.45, 7) is 4.03. The van der Waals surface area contributed by atoms with E-state index >= 15 is 0 Å². The molecule has 0 aromatic heterocycles. The topological polar surface area (TPSA) is 74.2 Å². The largest absolute Gasteiger partial charge is 0.497 e. The fraction of sp³-hybridized carbons (Fsp3) is 0.500. The Bertz CT molecular complexity index is 839. The van der Waals surface area contributed by atoms with E-state index in [0.29, 0.717) is 29.9 Å². The van der Waals surface area contributed by atoms with Gasteiger partial charge in [0.1, 0.15) is 17.4 Å². The van der Waals surface area contributed by atoms with Gasteiger partial charge < -0.3 is 14.2 Å². The maximum atomic E-state index is 13.0. The van der Waals surface area contributed by atoms with E-state index in [9.17, 15) is 9.59 Å². The van der Waals surface area contributed by atoms with Crippen LogP contribution in [0.25, 0.3) is 0 Å². The molecule has 0 N–H and O–H groups in total. The highest BCUT2D eigenvalue weighted by atomic mass is 16.5. The van der Waals surface area contributed by atoms with Crippen molar-refractivity contribution < 1.29 is 23.8 Å². The molecule has 1 aliphatic heterocycles. The molecular formula is C22H27NO5. The molecule has 0 radical (unpaired) electrons. The zero-order chi connectivity index (χ0) is 20.3. The molecule has 6 nitrogen and oxygen atoms in total. The van der Waals surface area contributed by atoms with Crippen molar-refractivity contribution in [2.75, 3.05) is 20.8 Å². The molecule has 0 saturated carbocycles. The molecule has 1 aliphatic carbocycles. The van der Waals surface area contributed by atoms with Crippen LogP contribution in [0.1, 0.15) is 51.0 Å². The van der Waals surface area contributed by atoms with E-state index in [1.807, 2.05) is 19.1 Å². The van der Waals surface area contributed by atoms with E-state index in [1.54, 1.807) is 27.2 Å². The highest BCUT2D eigenvalue weighted by Gasteiger charge is 2.44. The monoisotopic (exact) mass is 385 g/mol. The van der Waals surface area contributed by atoms with Gasteiger partial charge in [0.2, 0.25) is 0 Å². The first-order chi connectivity index (χ1) is 13.5. The Morgan fingerprint density at radius 1 is 1.18 bits per heavy atom. The van der Waals surface area contributed by atoms with Gasteiger partial charge in [-0.2, -0.15) is 0 Å². The summed E-state index contributed by atoms with van der Waals surface area (Å²) in [5.41, 5.74) is 2.97. The van der Waals surface area contributed by atoms with Crippen LogP contribution in [0.3, 0.4) is 0 Å². The molecule has 3 rings (SSSR count). The number of carbonyl (C=O) groups excluding carboxylic acids is 2. The number of Topliss-reactive ketones (excluding diaryl/α,β-unsaturated/α-hetero) is 1. The fourth-order valence-electron chi connectivity index (χ4n) is 4.13. The summed E-state index contributed by atoms with van der Waals surface area (Å²) < 4.78 is 16.3. The van der Waals surface area contributed by atoms with E-state index in [-0.39, 0.29) is 18.4 Å². The number of aliphatic imine (C=N–C) groups is 1. The molecule has 2 atom stereocenters. The molecule has 1 aromatic rings. The van der Waals surface area contributed by atoms with Crippen LogP contribution in [0.2, 0.25) is 0 Å². The van der Waals surface area contributed by atoms with Crippen molar-refractivity contribution in [3.05, 3.63) is 35.0 Å². The van der Waals surface area contributed by atoms with Crippen molar-refractivity contribution in [1.29, 1.82) is 0 Å². The van der Waals surface area contributed by atoms with Crippen molar-refractivity contribution in [3.63, 3.8) is 0 Å². The average Bonchev–Trinajstić information content (AvgIpc) is 2.72. The third kappa shape index (κ3) is 3.55. The lowest BCUT2D eigenvalue weighted by Gasteiger charge is -2.35. The summed E-state index contributed by atoms with van der Waals surface area (Å²) in [5.74, 6) is -0.157. The Balaban J connectivity index is 2.22. The van der Waals surface area contributed by atoms with E-state index in [2.05, 4.69) is 0 Å². The molecule has 0 fully saturated rings. The number of hydrogen-bond donors (Lipinski definition) is 0.